The van der Waals surface area contributed by atoms with E-state index in [9.17, 15) is 14.7 Å². The van der Waals surface area contributed by atoms with Crippen molar-refractivity contribution < 1.29 is 32.6 Å². The third kappa shape index (κ3) is 9.17. The van der Waals surface area contributed by atoms with E-state index in [0.717, 1.165) is 114 Å². The molecule has 3 atom stereocenters. The predicted octanol–water partition coefficient (Wildman–Crippen LogP) is 8.22. The quantitative estimate of drug-likeness (QED) is 0.0844. The summed E-state index contributed by atoms with van der Waals surface area (Å²) in [6.45, 7) is 10.0. The van der Waals surface area contributed by atoms with Crippen molar-refractivity contribution in [2.75, 3.05) is 69.2 Å². The van der Waals surface area contributed by atoms with Crippen molar-refractivity contribution in [3.05, 3.63) is 77.2 Å². The van der Waals surface area contributed by atoms with Gasteiger partial charge in [0.05, 0.1) is 12.0 Å². The lowest BCUT2D eigenvalue weighted by Gasteiger charge is -2.54. The number of rotatable bonds is 13. The normalized spacial score (nSPS) is 24.7. The largest absolute Gasteiger partial charge is 0.508 e. The van der Waals surface area contributed by atoms with Gasteiger partial charge in [-0.2, -0.15) is 9.97 Å². The number of carbonyl (C=O) groups excluding carboxylic acids is 2. The first kappa shape index (κ1) is 46.5. The van der Waals surface area contributed by atoms with E-state index in [4.69, 9.17) is 19.7 Å². The number of amides is 2. The van der Waals surface area contributed by atoms with E-state index in [2.05, 4.69) is 37.6 Å². The van der Waals surface area contributed by atoms with Crippen molar-refractivity contribution in [2.45, 2.75) is 114 Å². The number of piperazine rings is 1. The number of hydrogen-bond donors (Lipinski definition) is 4. The number of anilines is 2. The summed E-state index contributed by atoms with van der Waals surface area (Å²) in [6, 6.07) is 12.1. The topological polar surface area (TPSA) is 148 Å². The second-order valence-corrected chi connectivity index (χ2v) is 22.3. The molecule has 7 aliphatic rings. The highest BCUT2D eigenvalue weighted by Crippen LogP contribution is 2.54. The van der Waals surface area contributed by atoms with Gasteiger partial charge in [0.2, 0.25) is 11.8 Å². The van der Waals surface area contributed by atoms with Crippen LogP contribution in [0.2, 0.25) is 0 Å². The molecule has 12 rings (SSSR count). The molecule has 5 aromatic rings. The zero-order valence-electron chi connectivity index (χ0n) is 40.6. The van der Waals surface area contributed by atoms with E-state index in [0.29, 0.717) is 52.4 Å². The number of halogens is 3. The van der Waals surface area contributed by atoms with Gasteiger partial charge in [0, 0.05) is 61.9 Å². The van der Waals surface area contributed by atoms with Crippen LogP contribution in [0.4, 0.5) is 24.7 Å². The molecule has 7 heterocycles. The Hall–Kier alpha value is -5.58. The lowest BCUT2D eigenvalue weighted by molar-refractivity contribution is -0.133. The van der Waals surface area contributed by atoms with Gasteiger partial charge in [0.1, 0.15) is 46.1 Å². The van der Waals surface area contributed by atoms with Crippen molar-refractivity contribution in [3.63, 3.8) is 0 Å². The molecular weight excluding hydrogens is 908 g/mol. The number of phenols is 1. The monoisotopic (exact) mass is 972 g/mol. The van der Waals surface area contributed by atoms with Crippen LogP contribution < -0.4 is 25.6 Å². The van der Waals surface area contributed by atoms with Crippen LogP contribution >= 0.6 is 0 Å². The Kier molecular flexibility index (Phi) is 12.1. The van der Waals surface area contributed by atoms with Gasteiger partial charge >= 0.3 is 6.01 Å². The molecule has 13 nitrogen and oxygen atoms in total. The molecule has 7 fully saturated rings. The zero-order chi connectivity index (χ0) is 48.6. The van der Waals surface area contributed by atoms with E-state index in [1.165, 1.54) is 37.8 Å². The highest BCUT2D eigenvalue weighted by molar-refractivity contribution is 6.02. The lowest BCUT2D eigenvalue weighted by Crippen LogP contribution is -2.51. The SMILES string of the molecule is CCc1cccc2cc(O)cc(-c3ncc4c(N5CC6CCC(C5)N6)nc(OCC5(CN6CCC7(CC6)CC(CN6CCC(c8cc(F)c(NC9CCC(=O)NC9=O)c(F)c8)CC6)C7)CC5)nc4c3F)c12. The summed E-state index contributed by atoms with van der Waals surface area (Å²) in [6.07, 6.45) is 13.7. The number of carbonyl (C=O) groups is 2. The number of aryl methyl sites for hydroxylation is 1. The Balaban J connectivity index is 0.659. The molecule has 374 valence electrons. The number of nitrogens with one attached hydrogen (secondary N) is 3. The lowest BCUT2D eigenvalue weighted by atomic mass is 9.57. The van der Waals surface area contributed by atoms with Crippen LogP contribution in [0.25, 0.3) is 32.9 Å². The maximum absolute atomic E-state index is 17.2. The molecule has 5 aliphatic heterocycles. The fourth-order valence-electron chi connectivity index (χ4n) is 13.3. The Bertz CT molecular complexity index is 2860. The van der Waals surface area contributed by atoms with E-state index >= 15 is 13.2 Å². The maximum atomic E-state index is 17.2. The maximum Gasteiger partial charge on any atom is 0.319 e. The summed E-state index contributed by atoms with van der Waals surface area (Å²) in [5, 5.41) is 21.7. The van der Waals surface area contributed by atoms with Crippen LogP contribution in [0.15, 0.2) is 48.7 Å². The molecule has 2 aliphatic carbocycles. The fourth-order valence-corrected chi connectivity index (χ4v) is 13.3. The summed E-state index contributed by atoms with van der Waals surface area (Å²) in [5.41, 5.74) is 2.68. The van der Waals surface area contributed by atoms with Crippen molar-refractivity contribution in [1.82, 2.24) is 35.4 Å². The van der Waals surface area contributed by atoms with Crippen LogP contribution in [0, 0.1) is 34.2 Å². The fraction of sp³-hybridized carbons (Fsp3) is 0.545. The number of fused-ring (bicyclic) bond motifs is 4. The van der Waals surface area contributed by atoms with Crippen LogP contribution in [0.5, 0.6) is 11.8 Å². The van der Waals surface area contributed by atoms with E-state index in [1.54, 1.807) is 18.3 Å². The van der Waals surface area contributed by atoms with Gasteiger partial charge in [0.25, 0.3) is 0 Å². The second kappa shape index (κ2) is 18.5. The Morgan fingerprint density at radius 2 is 1.63 bits per heavy atom. The average Bonchev–Trinajstić information content (AvgIpc) is 4.04. The summed E-state index contributed by atoms with van der Waals surface area (Å²) in [7, 11) is 0. The number of likely N-dealkylation sites (tertiary alicyclic amines) is 2. The van der Waals surface area contributed by atoms with E-state index < -0.39 is 29.4 Å². The first-order valence-electron chi connectivity index (χ1n) is 26.2. The third-order valence-electron chi connectivity index (χ3n) is 17.4. The van der Waals surface area contributed by atoms with Gasteiger partial charge in [-0.15, -0.1) is 0 Å². The molecule has 3 aromatic carbocycles. The minimum absolute atomic E-state index is 0.0106. The van der Waals surface area contributed by atoms with Gasteiger partial charge in [-0.25, -0.2) is 13.2 Å². The number of benzene rings is 3. The van der Waals surface area contributed by atoms with Crippen molar-refractivity contribution >= 4 is 45.0 Å². The van der Waals surface area contributed by atoms with Crippen LogP contribution in [0.3, 0.4) is 0 Å². The predicted molar refractivity (Wildman–Crippen MR) is 266 cm³/mol. The molecule has 4 N–H and O–H groups in total. The Labute approximate surface area is 412 Å². The number of hydrogen-bond acceptors (Lipinski definition) is 12. The molecule has 71 heavy (non-hydrogen) atoms. The van der Waals surface area contributed by atoms with E-state index in [1.807, 2.05) is 18.2 Å². The van der Waals surface area contributed by atoms with E-state index in [-0.39, 0.29) is 58.7 Å². The molecule has 2 amide bonds. The molecule has 2 saturated carbocycles. The van der Waals surface area contributed by atoms with Gasteiger partial charge in [-0.1, -0.05) is 25.1 Å². The van der Waals surface area contributed by atoms with Crippen LogP contribution in [0.1, 0.15) is 101 Å². The zero-order valence-corrected chi connectivity index (χ0v) is 40.6. The van der Waals surface area contributed by atoms with Gasteiger partial charge in [-0.05, 0) is 167 Å². The third-order valence-corrected chi connectivity index (χ3v) is 17.4. The number of aromatic nitrogens is 3. The minimum atomic E-state index is -0.852. The van der Waals surface area contributed by atoms with Gasteiger partial charge in [0.15, 0.2) is 5.82 Å². The number of pyridine rings is 1. The number of imide groups is 1. The molecule has 5 saturated heterocycles. The molecule has 2 bridgehead atoms. The standard InChI is InChI=1S/C55H64F3N9O4/c1-2-33-4-3-5-35-20-39(68)23-40(46(33)35)48-47(58)49-41(26-59-48)51(67-28-37-6-7-38(29-67)60-37)64-53(63-49)71-31-55(12-13-55)30-66-18-14-54(15-19-66)24-32(25-54)27-65-16-10-34(11-17-65)36-21-42(56)50(43(57)22-36)61-44-8-9-45(69)62-52(44)70/h3-5,20-23,26,32,34,37-38,44,60-61,68H,2,6-19,24-25,27-31H2,1H3,(H,62,69,70). The highest BCUT2D eigenvalue weighted by Gasteiger charge is 2.50. The molecule has 2 aromatic heterocycles. The number of piperidine rings is 3. The van der Waals surface area contributed by atoms with Gasteiger partial charge < -0.3 is 35.2 Å². The summed E-state index contributed by atoms with van der Waals surface area (Å²) in [5.74, 6) is -1.46. The number of phenolic OH excluding ortho intramolecular Hbond substituents is 1. The van der Waals surface area contributed by atoms with Crippen molar-refractivity contribution in [3.8, 4) is 23.0 Å². The summed E-state index contributed by atoms with van der Waals surface area (Å²) < 4.78 is 54.2. The Morgan fingerprint density at radius 1 is 0.887 bits per heavy atom. The minimum Gasteiger partial charge on any atom is -0.508 e. The summed E-state index contributed by atoms with van der Waals surface area (Å²) >= 11 is 0. The first-order chi connectivity index (χ1) is 34.4. The Morgan fingerprint density at radius 3 is 2.34 bits per heavy atom. The molecule has 1 spiro atoms. The second-order valence-electron chi connectivity index (χ2n) is 22.3. The number of ether oxygens (including phenoxy) is 1. The molecular formula is C55H64F3N9O4. The number of nitrogens with zero attached hydrogens (tertiary/aromatic N) is 6. The first-order valence-corrected chi connectivity index (χ1v) is 26.2. The molecule has 16 heteroatoms. The van der Waals surface area contributed by atoms with Crippen molar-refractivity contribution in [1.29, 1.82) is 0 Å². The molecule has 3 unspecified atom stereocenters. The van der Waals surface area contributed by atoms with Crippen LogP contribution in [-0.2, 0) is 16.0 Å². The van der Waals surface area contributed by atoms with Crippen molar-refractivity contribution in [2.24, 2.45) is 16.7 Å². The summed E-state index contributed by atoms with van der Waals surface area (Å²) in [4.78, 5) is 45.6. The number of aromatic hydroxyl groups is 1. The highest BCUT2D eigenvalue weighted by atomic mass is 19.1. The molecule has 0 radical (unpaired) electrons. The average molecular weight is 972 g/mol. The van der Waals surface area contributed by atoms with Gasteiger partial charge in [-0.3, -0.25) is 19.9 Å². The smallest absolute Gasteiger partial charge is 0.319 e. The van der Waals surface area contributed by atoms with Crippen LogP contribution in [-0.4, -0.2) is 119 Å².